The lowest BCUT2D eigenvalue weighted by molar-refractivity contribution is 0.0619. The number of carboxylic acid groups (broad SMARTS) is 1. The van der Waals surface area contributed by atoms with E-state index < -0.39 is 23.2 Å². The molecule has 3 atom stereocenters. The summed E-state index contributed by atoms with van der Waals surface area (Å²) in [5.74, 6) is -2.86. The highest BCUT2D eigenvalue weighted by Gasteiger charge is 2.47. The number of rotatable bonds is 6. The summed E-state index contributed by atoms with van der Waals surface area (Å²) in [5.41, 5.74) is 6.49. The van der Waals surface area contributed by atoms with Crippen LogP contribution in [0.15, 0.2) is 54.7 Å². The van der Waals surface area contributed by atoms with Crippen LogP contribution in [0.5, 0.6) is 0 Å². The Balaban J connectivity index is 1.53. The molecule has 0 spiro atoms. The first-order valence-corrected chi connectivity index (χ1v) is 14.1. The fourth-order valence-corrected chi connectivity index (χ4v) is 6.66. The smallest absolute Gasteiger partial charge is 0.337 e. The van der Waals surface area contributed by atoms with Crippen LogP contribution in [0, 0.1) is 23.0 Å². The molecule has 3 aromatic carbocycles. The number of amides is 1. The van der Waals surface area contributed by atoms with Crippen LogP contribution in [0.4, 0.5) is 8.78 Å². The fraction of sp³-hybridized carbons (Fsp3) is 0.303. The summed E-state index contributed by atoms with van der Waals surface area (Å²) in [6, 6.07) is 13.1. The van der Waals surface area contributed by atoms with Gasteiger partial charge < -0.3 is 25.4 Å². The Kier molecular flexibility index (Phi) is 6.83. The van der Waals surface area contributed by atoms with E-state index in [9.17, 15) is 29.5 Å². The number of hydrogen-bond donors (Lipinski definition) is 3. The number of carboxylic acids is 1. The van der Waals surface area contributed by atoms with Crippen LogP contribution >= 0.6 is 0 Å². The third-order valence-electron chi connectivity index (χ3n) is 8.53. The first kappa shape index (κ1) is 28.5. The number of aliphatic hydroxyl groups is 1. The van der Waals surface area contributed by atoms with Crippen molar-refractivity contribution in [3.8, 4) is 28.3 Å². The Hall–Kier alpha value is -4.59. The molecule has 2 saturated heterocycles. The van der Waals surface area contributed by atoms with Gasteiger partial charge in [-0.1, -0.05) is 12.1 Å². The van der Waals surface area contributed by atoms with Crippen molar-refractivity contribution < 1.29 is 28.6 Å². The van der Waals surface area contributed by atoms with Crippen molar-refractivity contribution in [3.63, 3.8) is 0 Å². The summed E-state index contributed by atoms with van der Waals surface area (Å²) in [5, 5.41) is 29.8. The van der Waals surface area contributed by atoms with E-state index in [0.29, 0.717) is 27.8 Å². The van der Waals surface area contributed by atoms with Gasteiger partial charge in [0.05, 0.1) is 28.8 Å². The molecule has 1 amide bonds. The average molecular weight is 585 g/mol. The molecule has 10 heteroatoms. The lowest BCUT2D eigenvalue weighted by Crippen LogP contribution is -2.40. The third-order valence-corrected chi connectivity index (χ3v) is 8.53. The minimum absolute atomic E-state index is 0.0320. The first-order valence-electron chi connectivity index (χ1n) is 14.1. The molecule has 1 aromatic heterocycles. The highest BCUT2D eigenvalue weighted by molar-refractivity contribution is 6.06. The highest BCUT2D eigenvalue weighted by atomic mass is 19.1. The van der Waals surface area contributed by atoms with Crippen molar-refractivity contribution in [3.05, 3.63) is 83.1 Å². The summed E-state index contributed by atoms with van der Waals surface area (Å²) in [6.45, 7) is 3.17. The lowest BCUT2D eigenvalue weighted by Gasteiger charge is -2.24. The molecule has 2 bridgehead atoms. The maximum Gasteiger partial charge on any atom is 0.337 e. The predicted octanol–water partition coefficient (Wildman–Crippen LogP) is 5.30. The standard InChI is InChI=1S/C33H30F2N4O4/c1-33(2,43)16-38-15-25(32(41)42)24-12-23(27(35)13-30(24)38)21-7-5-18(31(40)39-20-6-8-29(39)28(37)11-20)9-22(21)17-3-4-19(14-36)26(34)10-17/h3-5,7,9-10,12-13,15,20,28-29,43H,6,8,11,16,37H2,1-2H3,(H,41,42)/t20-,28+,29+/m1/s1. The SMILES string of the molecule is CC(C)(O)Cn1cc(C(=O)O)c2cc(-c3ccc(C(=O)N4[C@@H]5CC[C@H]4[C@@H](N)C5)cc3-c3ccc(C#N)c(F)c3)c(F)cc21. The number of nitrogens with two attached hydrogens (primary N) is 1. The van der Waals surface area contributed by atoms with E-state index in [1.165, 1.54) is 41.1 Å². The molecule has 2 aliphatic rings. The van der Waals surface area contributed by atoms with Gasteiger partial charge in [0, 0.05) is 40.8 Å². The van der Waals surface area contributed by atoms with Crippen LogP contribution in [0.25, 0.3) is 33.2 Å². The van der Waals surface area contributed by atoms with E-state index >= 15 is 4.39 Å². The number of halogens is 2. The molecule has 43 heavy (non-hydrogen) atoms. The first-order chi connectivity index (χ1) is 20.4. The molecule has 4 aromatic rings. The van der Waals surface area contributed by atoms with Crippen molar-refractivity contribution in [2.45, 2.75) is 63.4 Å². The Morgan fingerprint density at radius 1 is 1.05 bits per heavy atom. The monoisotopic (exact) mass is 584 g/mol. The molecular formula is C33H30F2N4O4. The van der Waals surface area contributed by atoms with Crippen LogP contribution in [0.1, 0.15) is 59.4 Å². The number of nitrogens with zero attached hydrogens (tertiary/aromatic N) is 3. The maximum atomic E-state index is 16.0. The third kappa shape index (κ3) is 4.94. The number of carbonyl (C=O) groups is 2. The second-order valence-corrected chi connectivity index (χ2v) is 12.1. The summed E-state index contributed by atoms with van der Waals surface area (Å²) >= 11 is 0. The number of fused-ring (bicyclic) bond motifs is 3. The van der Waals surface area contributed by atoms with Gasteiger partial charge in [0.25, 0.3) is 5.91 Å². The van der Waals surface area contributed by atoms with Gasteiger partial charge in [-0.2, -0.15) is 5.26 Å². The second kappa shape index (κ2) is 10.3. The Labute approximate surface area is 246 Å². The molecule has 3 heterocycles. The largest absolute Gasteiger partial charge is 0.478 e. The Morgan fingerprint density at radius 2 is 1.81 bits per heavy atom. The molecule has 0 radical (unpaired) electrons. The summed E-state index contributed by atoms with van der Waals surface area (Å²) in [6.07, 6.45) is 3.79. The highest BCUT2D eigenvalue weighted by Crippen LogP contribution is 2.41. The lowest BCUT2D eigenvalue weighted by atomic mass is 9.91. The molecule has 0 unspecified atom stereocenters. The van der Waals surface area contributed by atoms with Crippen LogP contribution in [-0.4, -0.2) is 55.3 Å². The van der Waals surface area contributed by atoms with Crippen LogP contribution in [0.2, 0.25) is 0 Å². The molecule has 8 nitrogen and oxygen atoms in total. The van der Waals surface area contributed by atoms with E-state index in [4.69, 9.17) is 5.73 Å². The number of aromatic carboxylic acids is 1. The van der Waals surface area contributed by atoms with Crippen molar-refractivity contribution in [2.75, 3.05) is 0 Å². The minimum Gasteiger partial charge on any atom is -0.478 e. The molecule has 0 aliphatic carbocycles. The molecule has 4 N–H and O–H groups in total. The molecule has 6 rings (SSSR count). The number of aromatic nitrogens is 1. The van der Waals surface area contributed by atoms with E-state index in [2.05, 4.69) is 0 Å². The van der Waals surface area contributed by atoms with E-state index in [1.807, 2.05) is 4.90 Å². The predicted molar refractivity (Wildman–Crippen MR) is 156 cm³/mol. The van der Waals surface area contributed by atoms with Gasteiger partial charge in [-0.25, -0.2) is 13.6 Å². The molecule has 220 valence electrons. The quantitative estimate of drug-likeness (QED) is 0.282. The van der Waals surface area contributed by atoms with Gasteiger partial charge in [0.1, 0.15) is 17.7 Å². The fourth-order valence-electron chi connectivity index (χ4n) is 6.66. The number of benzene rings is 3. The number of carbonyl (C=O) groups excluding carboxylic acids is 1. The van der Waals surface area contributed by atoms with Crippen molar-refractivity contribution >= 4 is 22.8 Å². The summed E-state index contributed by atoms with van der Waals surface area (Å²) in [7, 11) is 0. The van der Waals surface area contributed by atoms with Crippen LogP contribution in [-0.2, 0) is 6.54 Å². The zero-order chi connectivity index (χ0) is 30.8. The van der Waals surface area contributed by atoms with Gasteiger partial charge in [0.2, 0.25) is 0 Å². The summed E-state index contributed by atoms with van der Waals surface area (Å²) in [4.78, 5) is 27.7. The van der Waals surface area contributed by atoms with Crippen LogP contribution in [0.3, 0.4) is 0 Å². The minimum atomic E-state index is -1.22. The molecule has 2 fully saturated rings. The van der Waals surface area contributed by atoms with Gasteiger partial charge in [-0.05, 0) is 86.2 Å². The number of hydrogen-bond acceptors (Lipinski definition) is 5. The van der Waals surface area contributed by atoms with Crippen LogP contribution < -0.4 is 5.73 Å². The van der Waals surface area contributed by atoms with E-state index in [1.54, 1.807) is 38.1 Å². The topological polar surface area (TPSA) is 133 Å². The number of nitriles is 1. The van der Waals surface area contributed by atoms with Gasteiger partial charge in [-0.15, -0.1) is 0 Å². The zero-order valence-electron chi connectivity index (χ0n) is 23.6. The van der Waals surface area contributed by atoms with Crippen molar-refractivity contribution in [1.82, 2.24) is 9.47 Å². The Bertz CT molecular complexity index is 1850. The second-order valence-electron chi connectivity index (χ2n) is 12.1. The normalized spacial score (nSPS) is 19.7. The molecular weight excluding hydrogens is 554 g/mol. The maximum absolute atomic E-state index is 16.0. The zero-order valence-corrected chi connectivity index (χ0v) is 23.6. The van der Waals surface area contributed by atoms with Gasteiger partial charge in [0.15, 0.2) is 0 Å². The van der Waals surface area contributed by atoms with E-state index in [0.717, 1.165) is 19.3 Å². The average Bonchev–Trinajstić information content (AvgIpc) is 3.61. The molecule has 0 saturated carbocycles. The van der Waals surface area contributed by atoms with Gasteiger partial charge in [-0.3, -0.25) is 4.79 Å². The van der Waals surface area contributed by atoms with Gasteiger partial charge >= 0.3 is 5.97 Å². The van der Waals surface area contributed by atoms with E-state index in [-0.39, 0.29) is 52.7 Å². The van der Waals surface area contributed by atoms with Crippen molar-refractivity contribution in [2.24, 2.45) is 5.73 Å². The molecule has 2 aliphatic heterocycles. The Morgan fingerprint density at radius 3 is 2.42 bits per heavy atom. The summed E-state index contributed by atoms with van der Waals surface area (Å²) < 4.78 is 32.3. The van der Waals surface area contributed by atoms with Crippen molar-refractivity contribution in [1.29, 1.82) is 5.26 Å².